The van der Waals surface area contributed by atoms with Crippen molar-refractivity contribution in [1.82, 2.24) is 0 Å². The van der Waals surface area contributed by atoms with Crippen molar-refractivity contribution in [2.75, 3.05) is 0 Å². The highest BCUT2D eigenvalue weighted by atomic mass is 16.3. The van der Waals surface area contributed by atoms with Gasteiger partial charge in [-0.1, -0.05) is 25.8 Å². The predicted molar refractivity (Wildman–Crippen MR) is 47.0 cm³/mol. The summed E-state index contributed by atoms with van der Waals surface area (Å²) in [5.74, 6) is 2.24. The molecule has 0 radical (unpaired) electrons. The molecule has 0 aromatic rings. The Morgan fingerprint density at radius 3 is 2.73 bits per heavy atom. The average Bonchev–Trinajstić information content (AvgIpc) is 2.05. The molecule has 1 atom stereocenters. The third-order valence-electron chi connectivity index (χ3n) is 1.51. The summed E-state index contributed by atoms with van der Waals surface area (Å²) in [4.78, 5) is 0. The van der Waals surface area contributed by atoms with Crippen LogP contribution in [-0.4, -0.2) is 11.2 Å². The highest BCUT2D eigenvalue weighted by Crippen LogP contribution is 2.09. The number of unbranched alkanes of at least 4 members (excludes halogenated alkanes) is 1. The average molecular weight is 150 g/mol. The second kappa shape index (κ2) is 5.80. The molecular formula is C10H14O. The zero-order valence-corrected chi connectivity index (χ0v) is 6.93. The van der Waals surface area contributed by atoms with Crippen molar-refractivity contribution >= 4 is 0 Å². The molecule has 0 aliphatic heterocycles. The topological polar surface area (TPSA) is 20.2 Å². The quantitative estimate of drug-likeness (QED) is 0.479. The third-order valence-corrected chi connectivity index (χ3v) is 1.51. The Morgan fingerprint density at radius 1 is 1.73 bits per heavy atom. The zero-order chi connectivity index (χ0) is 8.69. The molecule has 0 aromatic carbocycles. The molecule has 1 nitrogen and oxygen atoms in total. The lowest BCUT2D eigenvalue weighted by Gasteiger charge is -2.04. The Labute approximate surface area is 68.4 Å². The first-order valence-corrected chi connectivity index (χ1v) is 3.79. The minimum Gasteiger partial charge on any atom is -0.376 e. The van der Waals surface area contributed by atoms with E-state index in [9.17, 15) is 0 Å². The van der Waals surface area contributed by atoms with Crippen LogP contribution >= 0.6 is 0 Å². The van der Waals surface area contributed by atoms with Crippen LogP contribution in [0.2, 0.25) is 0 Å². The number of rotatable bonds is 4. The maximum atomic E-state index is 9.17. The molecular weight excluding hydrogens is 136 g/mol. The lowest BCUT2D eigenvalue weighted by molar-refractivity contribution is 0.263. The first kappa shape index (κ1) is 10.0. The molecule has 0 amide bonds. The van der Waals surface area contributed by atoms with Crippen LogP contribution in [-0.2, 0) is 0 Å². The van der Waals surface area contributed by atoms with Gasteiger partial charge < -0.3 is 5.11 Å². The normalized spacial score (nSPS) is 11.4. The Morgan fingerprint density at radius 2 is 2.36 bits per heavy atom. The molecule has 0 saturated heterocycles. The number of aliphatic hydroxyl groups excluding tert-OH is 1. The van der Waals surface area contributed by atoms with Gasteiger partial charge in [-0.2, -0.15) is 0 Å². The monoisotopic (exact) mass is 150 g/mol. The summed E-state index contributed by atoms with van der Waals surface area (Å²) in [7, 11) is 0. The number of hydrogen-bond donors (Lipinski definition) is 1. The van der Waals surface area contributed by atoms with E-state index in [0.29, 0.717) is 0 Å². The van der Waals surface area contributed by atoms with Crippen molar-refractivity contribution in [2.45, 2.75) is 32.3 Å². The van der Waals surface area contributed by atoms with E-state index in [0.717, 1.165) is 24.8 Å². The van der Waals surface area contributed by atoms with E-state index in [1.54, 1.807) is 0 Å². The van der Waals surface area contributed by atoms with Crippen molar-refractivity contribution in [3.8, 4) is 12.3 Å². The first-order chi connectivity index (χ1) is 5.26. The second-order valence-electron chi connectivity index (χ2n) is 2.37. The summed E-state index contributed by atoms with van der Waals surface area (Å²) in [6, 6.07) is 0. The molecule has 1 unspecified atom stereocenters. The summed E-state index contributed by atoms with van der Waals surface area (Å²) in [5.41, 5.74) is 3.39. The van der Waals surface area contributed by atoms with Gasteiger partial charge in [-0.25, -0.2) is 0 Å². The largest absolute Gasteiger partial charge is 0.376 e. The standard InChI is InChI=1S/C10H14O/c1-4-7-8-9(5-2)10(11)6-3/h3,10-11H,2,4,7-8H2,1H3. The van der Waals surface area contributed by atoms with E-state index < -0.39 is 6.10 Å². The Balaban J connectivity index is 4.00. The van der Waals surface area contributed by atoms with Crippen molar-refractivity contribution in [1.29, 1.82) is 0 Å². The smallest absolute Gasteiger partial charge is 0.143 e. The predicted octanol–water partition coefficient (Wildman–Crippen LogP) is 1.88. The van der Waals surface area contributed by atoms with Crippen LogP contribution in [0.1, 0.15) is 26.2 Å². The van der Waals surface area contributed by atoms with Gasteiger partial charge >= 0.3 is 0 Å². The minimum absolute atomic E-state index is 0.731. The highest BCUT2D eigenvalue weighted by Gasteiger charge is 2.04. The highest BCUT2D eigenvalue weighted by molar-refractivity contribution is 5.17. The Hall–Kier alpha value is -0.960. The summed E-state index contributed by atoms with van der Waals surface area (Å²) < 4.78 is 0. The molecule has 0 aromatic heterocycles. The van der Waals surface area contributed by atoms with Gasteiger partial charge in [0.05, 0.1) is 0 Å². The van der Waals surface area contributed by atoms with E-state index in [2.05, 4.69) is 25.2 Å². The molecule has 0 aliphatic carbocycles. The van der Waals surface area contributed by atoms with Crippen molar-refractivity contribution < 1.29 is 5.11 Å². The molecule has 0 aliphatic rings. The van der Waals surface area contributed by atoms with E-state index in [1.807, 2.05) is 0 Å². The van der Waals surface area contributed by atoms with Gasteiger partial charge in [0.15, 0.2) is 0 Å². The number of hydrogen-bond acceptors (Lipinski definition) is 1. The molecule has 0 saturated carbocycles. The van der Waals surface area contributed by atoms with Crippen LogP contribution < -0.4 is 0 Å². The summed E-state index contributed by atoms with van der Waals surface area (Å²) >= 11 is 0. The molecule has 0 rings (SSSR count). The SMILES string of the molecule is C#CC(O)C(=C=C)CCCC. The molecule has 60 valence electrons. The van der Waals surface area contributed by atoms with Gasteiger partial charge in [0.25, 0.3) is 0 Å². The second-order valence-corrected chi connectivity index (χ2v) is 2.37. The third kappa shape index (κ3) is 3.68. The molecule has 1 heteroatoms. The maximum Gasteiger partial charge on any atom is 0.143 e. The molecule has 11 heavy (non-hydrogen) atoms. The number of aliphatic hydroxyl groups is 1. The summed E-state index contributed by atoms with van der Waals surface area (Å²) in [6.45, 7) is 5.55. The van der Waals surface area contributed by atoms with Crippen LogP contribution in [0.3, 0.4) is 0 Å². The van der Waals surface area contributed by atoms with Crippen LogP contribution in [0.5, 0.6) is 0 Å². The van der Waals surface area contributed by atoms with Crippen molar-refractivity contribution in [3.63, 3.8) is 0 Å². The van der Waals surface area contributed by atoms with Gasteiger partial charge in [0, 0.05) is 5.57 Å². The molecule has 0 fully saturated rings. The number of terminal acetylenes is 1. The van der Waals surface area contributed by atoms with Gasteiger partial charge in [-0.3, -0.25) is 0 Å². The molecule has 0 bridgehead atoms. The van der Waals surface area contributed by atoms with Crippen molar-refractivity contribution in [3.05, 3.63) is 17.9 Å². The van der Waals surface area contributed by atoms with Crippen LogP contribution in [0.4, 0.5) is 0 Å². The zero-order valence-electron chi connectivity index (χ0n) is 6.93. The van der Waals surface area contributed by atoms with E-state index in [-0.39, 0.29) is 0 Å². The van der Waals surface area contributed by atoms with Gasteiger partial charge in [-0.15, -0.1) is 12.2 Å². The van der Waals surface area contributed by atoms with Crippen LogP contribution in [0, 0.1) is 12.3 Å². The Kier molecular flexibility index (Phi) is 5.29. The van der Waals surface area contributed by atoms with Gasteiger partial charge in [0.2, 0.25) is 0 Å². The fraction of sp³-hybridized carbons (Fsp3) is 0.500. The van der Waals surface area contributed by atoms with Gasteiger partial charge in [-0.05, 0) is 12.8 Å². The fourth-order valence-electron chi connectivity index (χ4n) is 0.790. The van der Waals surface area contributed by atoms with Crippen LogP contribution in [0.15, 0.2) is 17.9 Å². The maximum absolute atomic E-state index is 9.17. The van der Waals surface area contributed by atoms with E-state index >= 15 is 0 Å². The summed E-state index contributed by atoms with van der Waals surface area (Å²) in [5, 5.41) is 9.17. The van der Waals surface area contributed by atoms with Crippen molar-refractivity contribution in [2.24, 2.45) is 0 Å². The lowest BCUT2D eigenvalue weighted by atomic mass is 10.1. The Bertz CT molecular complexity index is 191. The van der Waals surface area contributed by atoms with E-state index in [1.165, 1.54) is 0 Å². The van der Waals surface area contributed by atoms with Gasteiger partial charge in [0.1, 0.15) is 6.10 Å². The molecule has 0 heterocycles. The lowest BCUT2D eigenvalue weighted by Crippen LogP contribution is -2.05. The summed E-state index contributed by atoms with van der Waals surface area (Å²) in [6.07, 6.45) is 7.15. The first-order valence-electron chi connectivity index (χ1n) is 3.79. The van der Waals surface area contributed by atoms with E-state index in [4.69, 9.17) is 11.5 Å². The fourth-order valence-corrected chi connectivity index (χ4v) is 0.790. The minimum atomic E-state index is -0.793. The molecule has 0 spiro atoms. The van der Waals surface area contributed by atoms with Crippen LogP contribution in [0.25, 0.3) is 0 Å². The molecule has 1 N–H and O–H groups in total.